The van der Waals surface area contributed by atoms with E-state index < -0.39 is 0 Å². The van der Waals surface area contributed by atoms with Gasteiger partial charge in [0.15, 0.2) is 5.69 Å². The SMILES string of the molecule is CCC1(CNC(=O)c2n[nH]c(=O)c3ccccc23)CCC1. The predicted molar refractivity (Wildman–Crippen MR) is 81.3 cm³/mol. The highest BCUT2D eigenvalue weighted by Crippen LogP contribution is 2.43. The van der Waals surface area contributed by atoms with Crippen LogP contribution in [0.1, 0.15) is 43.1 Å². The van der Waals surface area contributed by atoms with Gasteiger partial charge in [0.25, 0.3) is 11.5 Å². The van der Waals surface area contributed by atoms with Crippen LogP contribution in [0.2, 0.25) is 0 Å². The molecule has 1 saturated carbocycles. The largest absolute Gasteiger partial charge is 0.350 e. The van der Waals surface area contributed by atoms with Crippen LogP contribution in [-0.4, -0.2) is 22.6 Å². The van der Waals surface area contributed by atoms with Crippen LogP contribution >= 0.6 is 0 Å². The lowest BCUT2D eigenvalue weighted by atomic mass is 9.67. The van der Waals surface area contributed by atoms with E-state index >= 15 is 0 Å². The smallest absolute Gasteiger partial charge is 0.272 e. The first kappa shape index (κ1) is 13.8. The minimum absolute atomic E-state index is 0.220. The Hall–Kier alpha value is -2.17. The zero-order chi connectivity index (χ0) is 14.9. The fraction of sp³-hybridized carbons (Fsp3) is 0.438. The van der Waals surface area contributed by atoms with E-state index in [1.54, 1.807) is 24.3 Å². The van der Waals surface area contributed by atoms with E-state index in [0.29, 0.717) is 17.3 Å². The lowest BCUT2D eigenvalue weighted by Crippen LogP contribution is -2.42. The van der Waals surface area contributed by atoms with E-state index in [2.05, 4.69) is 22.4 Å². The van der Waals surface area contributed by atoms with Gasteiger partial charge in [0, 0.05) is 11.9 Å². The zero-order valence-electron chi connectivity index (χ0n) is 12.1. The monoisotopic (exact) mass is 285 g/mol. The Balaban J connectivity index is 1.85. The number of nitrogens with one attached hydrogen (secondary N) is 2. The molecule has 5 heteroatoms. The minimum Gasteiger partial charge on any atom is -0.350 e. The molecule has 110 valence electrons. The van der Waals surface area contributed by atoms with Gasteiger partial charge >= 0.3 is 0 Å². The molecule has 0 unspecified atom stereocenters. The summed E-state index contributed by atoms with van der Waals surface area (Å²) in [5.74, 6) is -0.220. The molecule has 0 atom stereocenters. The Labute approximate surface area is 122 Å². The number of H-pyrrole nitrogens is 1. The molecular formula is C16H19N3O2. The van der Waals surface area contributed by atoms with Crippen molar-refractivity contribution in [2.24, 2.45) is 5.41 Å². The van der Waals surface area contributed by atoms with Gasteiger partial charge in [-0.3, -0.25) is 9.59 Å². The third-order valence-corrected chi connectivity index (χ3v) is 4.70. The summed E-state index contributed by atoms with van der Waals surface area (Å²) in [5, 5.41) is 10.4. The van der Waals surface area contributed by atoms with E-state index in [4.69, 9.17) is 0 Å². The first-order valence-corrected chi connectivity index (χ1v) is 7.41. The molecule has 0 radical (unpaired) electrons. The molecule has 1 aliphatic rings. The van der Waals surface area contributed by atoms with E-state index in [0.717, 1.165) is 6.42 Å². The third-order valence-electron chi connectivity index (χ3n) is 4.70. The van der Waals surface area contributed by atoms with Gasteiger partial charge in [-0.15, -0.1) is 0 Å². The summed E-state index contributed by atoms with van der Waals surface area (Å²) in [6, 6.07) is 7.04. The summed E-state index contributed by atoms with van der Waals surface area (Å²) in [4.78, 5) is 24.1. The van der Waals surface area contributed by atoms with Crippen LogP contribution in [0.4, 0.5) is 0 Å². The van der Waals surface area contributed by atoms with Crippen molar-refractivity contribution in [3.8, 4) is 0 Å². The van der Waals surface area contributed by atoms with Crippen LogP contribution in [0.15, 0.2) is 29.1 Å². The number of carbonyl (C=O) groups is 1. The molecule has 3 rings (SSSR count). The second kappa shape index (κ2) is 5.31. The van der Waals surface area contributed by atoms with Crippen molar-refractivity contribution in [2.45, 2.75) is 32.6 Å². The fourth-order valence-corrected chi connectivity index (χ4v) is 2.97. The number of rotatable bonds is 4. The van der Waals surface area contributed by atoms with Gasteiger partial charge in [-0.1, -0.05) is 31.5 Å². The quantitative estimate of drug-likeness (QED) is 0.904. The number of aromatic nitrogens is 2. The van der Waals surface area contributed by atoms with Gasteiger partial charge in [-0.25, -0.2) is 5.10 Å². The standard InChI is InChI=1S/C16H19N3O2/c1-2-16(8-5-9-16)10-17-15(21)13-11-6-3-4-7-12(11)14(20)19-18-13/h3-4,6-7H,2,5,8-10H2,1H3,(H,17,21)(H,19,20). The minimum atomic E-state index is -0.272. The van der Waals surface area contributed by atoms with Crippen molar-refractivity contribution in [1.29, 1.82) is 0 Å². The summed E-state index contributed by atoms with van der Waals surface area (Å²) < 4.78 is 0. The van der Waals surface area contributed by atoms with Gasteiger partial charge in [0.05, 0.1) is 5.39 Å². The van der Waals surface area contributed by atoms with Crippen LogP contribution in [-0.2, 0) is 0 Å². The molecule has 21 heavy (non-hydrogen) atoms. The second-order valence-corrected chi connectivity index (χ2v) is 5.84. The molecule has 1 heterocycles. The average molecular weight is 285 g/mol. The summed E-state index contributed by atoms with van der Waals surface area (Å²) in [7, 11) is 0. The molecule has 2 aromatic rings. The van der Waals surface area contributed by atoms with Crippen LogP contribution in [0, 0.1) is 5.41 Å². The number of benzene rings is 1. The molecule has 0 saturated heterocycles. The summed E-state index contributed by atoms with van der Waals surface area (Å²) in [6.07, 6.45) is 4.66. The Morgan fingerprint density at radius 1 is 1.33 bits per heavy atom. The second-order valence-electron chi connectivity index (χ2n) is 5.84. The summed E-state index contributed by atoms with van der Waals surface area (Å²) in [5.41, 5.74) is 0.273. The maximum Gasteiger partial charge on any atom is 0.272 e. The Bertz CT molecular complexity index is 726. The molecule has 1 aromatic heterocycles. The van der Waals surface area contributed by atoms with E-state index in [1.807, 2.05) is 0 Å². The number of nitrogens with zero attached hydrogens (tertiary/aromatic N) is 1. The highest BCUT2D eigenvalue weighted by atomic mass is 16.2. The number of carbonyl (C=O) groups excluding carboxylic acids is 1. The van der Waals surface area contributed by atoms with E-state index in [9.17, 15) is 9.59 Å². The molecule has 0 bridgehead atoms. The fourth-order valence-electron chi connectivity index (χ4n) is 2.97. The highest BCUT2D eigenvalue weighted by Gasteiger charge is 2.35. The first-order valence-electron chi connectivity index (χ1n) is 7.41. The predicted octanol–water partition coefficient (Wildman–Crippen LogP) is 2.23. The van der Waals surface area contributed by atoms with Crippen molar-refractivity contribution >= 4 is 16.7 Å². The molecule has 5 nitrogen and oxygen atoms in total. The van der Waals surface area contributed by atoms with Crippen LogP contribution in [0.5, 0.6) is 0 Å². The Kier molecular flexibility index (Phi) is 3.49. The van der Waals surface area contributed by atoms with Gasteiger partial charge in [-0.05, 0) is 30.7 Å². The number of fused-ring (bicyclic) bond motifs is 1. The third kappa shape index (κ3) is 2.44. The highest BCUT2D eigenvalue weighted by molar-refractivity contribution is 6.04. The van der Waals surface area contributed by atoms with Crippen LogP contribution < -0.4 is 10.9 Å². The molecular weight excluding hydrogens is 266 g/mol. The molecule has 2 N–H and O–H groups in total. The van der Waals surface area contributed by atoms with Crippen LogP contribution in [0.3, 0.4) is 0 Å². The maximum absolute atomic E-state index is 12.4. The van der Waals surface area contributed by atoms with Crippen molar-refractivity contribution in [2.75, 3.05) is 6.54 Å². The van der Waals surface area contributed by atoms with Gasteiger partial charge < -0.3 is 5.32 Å². The maximum atomic E-state index is 12.4. The Morgan fingerprint density at radius 2 is 2.05 bits per heavy atom. The lowest BCUT2D eigenvalue weighted by Gasteiger charge is -2.41. The van der Waals surface area contributed by atoms with Crippen molar-refractivity contribution in [1.82, 2.24) is 15.5 Å². The molecule has 1 aliphatic carbocycles. The van der Waals surface area contributed by atoms with E-state index in [1.165, 1.54) is 19.3 Å². The van der Waals surface area contributed by atoms with Gasteiger partial charge in [-0.2, -0.15) is 5.10 Å². The molecule has 0 aliphatic heterocycles. The molecule has 1 amide bonds. The summed E-state index contributed by atoms with van der Waals surface area (Å²) >= 11 is 0. The lowest BCUT2D eigenvalue weighted by molar-refractivity contribution is 0.0846. The summed E-state index contributed by atoms with van der Waals surface area (Å²) in [6.45, 7) is 2.84. The average Bonchev–Trinajstić information content (AvgIpc) is 2.47. The topological polar surface area (TPSA) is 74.8 Å². The molecule has 0 spiro atoms. The van der Waals surface area contributed by atoms with E-state index in [-0.39, 0.29) is 22.6 Å². The number of hydrogen-bond acceptors (Lipinski definition) is 3. The van der Waals surface area contributed by atoms with Crippen molar-refractivity contribution < 1.29 is 4.79 Å². The van der Waals surface area contributed by atoms with Crippen LogP contribution in [0.25, 0.3) is 10.8 Å². The zero-order valence-corrected chi connectivity index (χ0v) is 12.1. The van der Waals surface area contributed by atoms with Crippen molar-refractivity contribution in [3.63, 3.8) is 0 Å². The van der Waals surface area contributed by atoms with Gasteiger partial charge in [0.1, 0.15) is 0 Å². The first-order chi connectivity index (χ1) is 10.2. The normalized spacial score (nSPS) is 16.4. The number of aromatic amines is 1. The van der Waals surface area contributed by atoms with Crippen molar-refractivity contribution in [3.05, 3.63) is 40.3 Å². The van der Waals surface area contributed by atoms with Gasteiger partial charge in [0.2, 0.25) is 0 Å². The number of amides is 1. The molecule has 1 aromatic carbocycles. The molecule has 1 fully saturated rings. The number of hydrogen-bond donors (Lipinski definition) is 2. The Morgan fingerprint density at radius 3 is 2.67 bits per heavy atom.